The lowest BCUT2D eigenvalue weighted by molar-refractivity contribution is -0.0174. The highest BCUT2D eigenvalue weighted by atomic mass is 19.3. The van der Waals surface area contributed by atoms with Crippen molar-refractivity contribution in [1.29, 1.82) is 0 Å². The first-order valence-corrected chi connectivity index (χ1v) is 7.11. The molecule has 2 aromatic rings. The van der Waals surface area contributed by atoms with Gasteiger partial charge in [0, 0.05) is 12.8 Å². The maximum atomic E-state index is 13.8. The number of rotatable bonds is 7. The fraction of sp³-hybridized carbons (Fsp3) is 0.333. The summed E-state index contributed by atoms with van der Waals surface area (Å²) in [5, 5.41) is 0. The van der Waals surface area contributed by atoms with Gasteiger partial charge in [0.15, 0.2) is 0 Å². The summed E-state index contributed by atoms with van der Waals surface area (Å²) in [6, 6.07) is 19.3. The Morgan fingerprint density at radius 2 is 1.15 bits per heavy atom. The minimum Gasteiger partial charge on any atom is -0.207 e. The van der Waals surface area contributed by atoms with Crippen molar-refractivity contribution < 1.29 is 8.78 Å². The highest BCUT2D eigenvalue weighted by Crippen LogP contribution is 2.27. The summed E-state index contributed by atoms with van der Waals surface area (Å²) < 4.78 is 27.6. The van der Waals surface area contributed by atoms with Gasteiger partial charge in [-0.15, -0.1) is 0 Å². The second kappa shape index (κ2) is 7.18. The lowest BCUT2D eigenvalue weighted by Crippen LogP contribution is -2.17. The normalized spacial score (nSPS) is 11.5. The second-order valence-electron chi connectivity index (χ2n) is 5.18. The van der Waals surface area contributed by atoms with E-state index in [0.29, 0.717) is 12.8 Å². The molecule has 0 radical (unpaired) electrons. The Bertz CT molecular complexity index is 491. The van der Waals surface area contributed by atoms with E-state index in [0.717, 1.165) is 17.5 Å². The van der Waals surface area contributed by atoms with Crippen molar-refractivity contribution in [3.05, 3.63) is 71.8 Å². The SMILES string of the molecule is FC(F)(CCCc1ccccc1)CCc1ccccc1. The zero-order valence-electron chi connectivity index (χ0n) is 11.6. The van der Waals surface area contributed by atoms with E-state index in [1.54, 1.807) is 0 Å². The summed E-state index contributed by atoms with van der Waals surface area (Å²) in [6.07, 6.45) is 1.60. The van der Waals surface area contributed by atoms with Crippen molar-refractivity contribution in [2.45, 2.75) is 38.0 Å². The molecule has 106 valence electrons. The Labute approximate surface area is 119 Å². The summed E-state index contributed by atoms with van der Waals surface area (Å²) >= 11 is 0. The van der Waals surface area contributed by atoms with Crippen LogP contribution in [0.2, 0.25) is 0 Å². The zero-order valence-corrected chi connectivity index (χ0v) is 11.6. The first kappa shape index (κ1) is 14.7. The first-order chi connectivity index (χ1) is 9.66. The van der Waals surface area contributed by atoms with Gasteiger partial charge in [-0.25, -0.2) is 8.78 Å². The number of alkyl halides is 2. The molecule has 0 fully saturated rings. The molecule has 0 saturated heterocycles. The molecule has 0 aliphatic heterocycles. The molecule has 0 aliphatic carbocycles. The van der Waals surface area contributed by atoms with E-state index in [9.17, 15) is 8.78 Å². The minimum absolute atomic E-state index is 0.0330. The Kier molecular flexibility index (Phi) is 5.28. The Morgan fingerprint density at radius 3 is 1.70 bits per heavy atom. The number of hydrogen-bond donors (Lipinski definition) is 0. The van der Waals surface area contributed by atoms with Crippen LogP contribution in [0.4, 0.5) is 8.78 Å². The van der Waals surface area contributed by atoms with Crippen molar-refractivity contribution in [2.24, 2.45) is 0 Å². The van der Waals surface area contributed by atoms with Gasteiger partial charge in [0.05, 0.1) is 0 Å². The third kappa shape index (κ3) is 5.12. The van der Waals surface area contributed by atoms with Gasteiger partial charge in [-0.3, -0.25) is 0 Å². The van der Waals surface area contributed by atoms with Gasteiger partial charge in [-0.05, 0) is 30.4 Å². The lowest BCUT2D eigenvalue weighted by Gasteiger charge is -2.16. The quantitative estimate of drug-likeness (QED) is 0.644. The van der Waals surface area contributed by atoms with Gasteiger partial charge in [0.2, 0.25) is 5.92 Å². The summed E-state index contributed by atoms with van der Waals surface area (Å²) in [5.41, 5.74) is 2.11. The molecule has 0 amide bonds. The third-order valence-electron chi connectivity index (χ3n) is 3.47. The standard InChI is InChI=1S/C18H20F2/c19-18(20,15-13-17-10-5-2-6-11-17)14-7-12-16-8-3-1-4-9-16/h1-6,8-11H,7,12-15H2. The van der Waals surface area contributed by atoms with E-state index in [-0.39, 0.29) is 12.8 Å². The molecular formula is C18H20F2. The molecule has 20 heavy (non-hydrogen) atoms. The predicted octanol–water partition coefficient (Wildman–Crippen LogP) is 5.28. The van der Waals surface area contributed by atoms with Crippen LogP contribution in [0.5, 0.6) is 0 Å². The Balaban J connectivity index is 1.73. The van der Waals surface area contributed by atoms with E-state index in [1.807, 2.05) is 60.7 Å². The lowest BCUT2D eigenvalue weighted by atomic mass is 10.0. The summed E-state index contributed by atoms with van der Waals surface area (Å²) in [7, 11) is 0. The number of hydrogen-bond acceptors (Lipinski definition) is 0. The van der Waals surface area contributed by atoms with Crippen molar-refractivity contribution in [1.82, 2.24) is 0 Å². The van der Waals surface area contributed by atoms with E-state index in [1.165, 1.54) is 0 Å². The van der Waals surface area contributed by atoms with Crippen molar-refractivity contribution in [2.75, 3.05) is 0 Å². The average Bonchev–Trinajstić information content (AvgIpc) is 2.47. The molecule has 0 atom stereocenters. The molecule has 0 saturated carbocycles. The highest BCUT2D eigenvalue weighted by Gasteiger charge is 2.27. The van der Waals surface area contributed by atoms with Gasteiger partial charge >= 0.3 is 0 Å². The highest BCUT2D eigenvalue weighted by molar-refractivity contribution is 5.15. The van der Waals surface area contributed by atoms with Gasteiger partial charge in [0.25, 0.3) is 0 Å². The molecule has 0 aliphatic rings. The number of benzene rings is 2. The molecular weight excluding hydrogens is 254 g/mol. The van der Waals surface area contributed by atoms with Gasteiger partial charge in [-0.2, -0.15) is 0 Å². The van der Waals surface area contributed by atoms with Gasteiger partial charge in [-0.1, -0.05) is 60.7 Å². The predicted molar refractivity (Wildman–Crippen MR) is 79.1 cm³/mol. The third-order valence-corrected chi connectivity index (χ3v) is 3.47. The maximum Gasteiger partial charge on any atom is 0.248 e. The van der Waals surface area contributed by atoms with Crippen LogP contribution in [0.3, 0.4) is 0 Å². The number of aryl methyl sites for hydroxylation is 2. The summed E-state index contributed by atoms with van der Waals surface area (Å²) in [6.45, 7) is 0. The van der Waals surface area contributed by atoms with E-state index >= 15 is 0 Å². The number of halogens is 2. The van der Waals surface area contributed by atoms with Crippen LogP contribution in [0.1, 0.15) is 30.4 Å². The van der Waals surface area contributed by atoms with Crippen LogP contribution < -0.4 is 0 Å². The molecule has 0 nitrogen and oxygen atoms in total. The minimum atomic E-state index is -2.56. The van der Waals surface area contributed by atoms with Crippen molar-refractivity contribution >= 4 is 0 Å². The van der Waals surface area contributed by atoms with Crippen molar-refractivity contribution in [3.63, 3.8) is 0 Å². The van der Waals surface area contributed by atoms with Gasteiger partial charge in [0.1, 0.15) is 0 Å². The first-order valence-electron chi connectivity index (χ1n) is 7.11. The molecule has 2 aromatic carbocycles. The smallest absolute Gasteiger partial charge is 0.207 e. The molecule has 0 aromatic heterocycles. The second-order valence-corrected chi connectivity index (χ2v) is 5.18. The van der Waals surface area contributed by atoms with Gasteiger partial charge < -0.3 is 0 Å². The van der Waals surface area contributed by atoms with Crippen LogP contribution in [-0.4, -0.2) is 5.92 Å². The fourth-order valence-electron chi connectivity index (χ4n) is 2.29. The van der Waals surface area contributed by atoms with Crippen LogP contribution in [0.15, 0.2) is 60.7 Å². The van der Waals surface area contributed by atoms with Crippen LogP contribution in [-0.2, 0) is 12.8 Å². The molecule has 0 bridgehead atoms. The van der Waals surface area contributed by atoms with Crippen LogP contribution in [0.25, 0.3) is 0 Å². The maximum absolute atomic E-state index is 13.8. The Hall–Kier alpha value is -1.70. The molecule has 2 heteroatoms. The zero-order chi connectivity index (χ0) is 14.3. The average molecular weight is 274 g/mol. The molecule has 0 spiro atoms. The van der Waals surface area contributed by atoms with Crippen LogP contribution >= 0.6 is 0 Å². The molecule has 0 heterocycles. The molecule has 0 N–H and O–H groups in total. The summed E-state index contributed by atoms with van der Waals surface area (Å²) in [4.78, 5) is 0. The topological polar surface area (TPSA) is 0 Å². The fourth-order valence-corrected chi connectivity index (χ4v) is 2.29. The van der Waals surface area contributed by atoms with E-state index < -0.39 is 5.92 Å². The van der Waals surface area contributed by atoms with Crippen LogP contribution in [0, 0.1) is 0 Å². The van der Waals surface area contributed by atoms with E-state index in [4.69, 9.17) is 0 Å². The van der Waals surface area contributed by atoms with E-state index in [2.05, 4.69) is 0 Å². The largest absolute Gasteiger partial charge is 0.248 e. The summed E-state index contributed by atoms with van der Waals surface area (Å²) in [5.74, 6) is -2.56. The van der Waals surface area contributed by atoms with Crippen molar-refractivity contribution in [3.8, 4) is 0 Å². The molecule has 0 unspecified atom stereocenters. The molecule has 2 rings (SSSR count). The monoisotopic (exact) mass is 274 g/mol. The Morgan fingerprint density at radius 1 is 0.650 bits per heavy atom.